The third-order valence-electron chi connectivity index (χ3n) is 1.96. The van der Waals surface area contributed by atoms with Crippen LogP contribution in [0.25, 0.3) is 0 Å². The van der Waals surface area contributed by atoms with Gasteiger partial charge in [0.05, 0.1) is 6.04 Å². The van der Waals surface area contributed by atoms with Crippen LogP contribution in [0.2, 0.25) is 0 Å². The zero-order valence-electron chi connectivity index (χ0n) is 8.62. The number of rotatable bonds is 6. The van der Waals surface area contributed by atoms with Crippen molar-refractivity contribution in [2.45, 2.75) is 45.2 Å². The number of hydrogen-bond acceptors (Lipinski definition) is 3. The fourth-order valence-corrected chi connectivity index (χ4v) is 0.947. The van der Waals surface area contributed by atoms with Crippen molar-refractivity contribution in [2.75, 3.05) is 0 Å². The van der Waals surface area contributed by atoms with Crippen LogP contribution in [0.1, 0.15) is 33.1 Å². The highest BCUT2D eigenvalue weighted by Gasteiger charge is 2.13. The molecular formula is C9H18N2O3. The van der Waals surface area contributed by atoms with Gasteiger partial charge in [0.1, 0.15) is 0 Å². The maximum Gasteiger partial charge on any atom is 0.303 e. The van der Waals surface area contributed by atoms with Crippen LogP contribution < -0.4 is 11.1 Å². The summed E-state index contributed by atoms with van der Waals surface area (Å²) in [5.74, 6) is -1.07. The summed E-state index contributed by atoms with van der Waals surface area (Å²) in [7, 11) is 0. The topological polar surface area (TPSA) is 92.4 Å². The molecule has 5 nitrogen and oxygen atoms in total. The van der Waals surface area contributed by atoms with E-state index in [1.807, 2.05) is 6.92 Å². The maximum atomic E-state index is 11.2. The minimum Gasteiger partial charge on any atom is -0.481 e. The molecule has 0 heterocycles. The predicted octanol–water partition coefficient (Wildman–Crippen LogP) is 0.0932. The van der Waals surface area contributed by atoms with E-state index < -0.39 is 12.0 Å². The number of hydrogen-bond donors (Lipinski definition) is 3. The smallest absolute Gasteiger partial charge is 0.303 e. The number of amides is 1. The molecule has 0 radical (unpaired) electrons. The number of nitrogens with two attached hydrogens (primary N) is 1. The van der Waals surface area contributed by atoms with Crippen molar-refractivity contribution in [2.24, 2.45) is 5.73 Å². The van der Waals surface area contributed by atoms with E-state index in [1.54, 1.807) is 6.92 Å². The van der Waals surface area contributed by atoms with Crippen molar-refractivity contribution in [1.29, 1.82) is 0 Å². The number of carbonyl (C=O) groups is 2. The molecule has 5 heteroatoms. The Morgan fingerprint density at radius 2 is 2.07 bits per heavy atom. The van der Waals surface area contributed by atoms with Crippen LogP contribution in [0, 0.1) is 0 Å². The molecule has 2 atom stereocenters. The van der Waals surface area contributed by atoms with Gasteiger partial charge in [-0.15, -0.1) is 0 Å². The largest absolute Gasteiger partial charge is 0.481 e. The SMILES string of the molecule is CCC(N)C(=O)NC(C)CCC(=O)O. The van der Waals surface area contributed by atoms with Crippen LogP contribution in [0.15, 0.2) is 0 Å². The van der Waals surface area contributed by atoms with Crippen LogP contribution in [-0.4, -0.2) is 29.1 Å². The molecule has 0 aliphatic carbocycles. The lowest BCUT2D eigenvalue weighted by Crippen LogP contribution is -2.44. The van der Waals surface area contributed by atoms with E-state index in [9.17, 15) is 9.59 Å². The van der Waals surface area contributed by atoms with Gasteiger partial charge in [-0.1, -0.05) is 6.92 Å². The molecule has 0 fully saturated rings. The summed E-state index contributed by atoms with van der Waals surface area (Å²) < 4.78 is 0. The zero-order chi connectivity index (χ0) is 11.1. The summed E-state index contributed by atoms with van der Waals surface area (Å²) >= 11 is 0. The molecule has 14 heavy (non-hydrogen) atoms. The molecule has 0 aromatic rings. The lowest BCUT2D eigenvalue weighted by atomic mass is 10.1. The van der Waals surface area contributed by atoms with Crippen molar-refractivity contribution < 1.29 is 14.7 Å². The molecule has 1 amide bonds. The van der Waals surface area contributed by atoms with Gasteiger partial charge < -0.3 is 16.2 Å². The molecule has 0 aromatic heterocycles. The van der Waals surface area contributed by atoms with Crippen molar-refractivity contribution in [1.82, 2.24) is 5.32 Å². The average molecular weight is 202 g/mol. The molecule has 2 unspecified atom stereocenters. The average Bonchev–Trinajstić information content (AvgIpc) is 2.13. The molecule has 0 rings (SSSR count). The molecule has 4 N–H and O–H groups in total. The van der Waals surface area contributed by atoms with E-state index in [4.69, 9.17) is 10.8 Å². The second-order valence-corrected chi connectivity index (χ2v) is 3.36. The second-order valence-electron chi connectivity index (χ2n) is 3.36. The van der Waals surface area contributed by atoms with E-state index in [0.29, 0.717) is 12.8 Å². The first-order valence-electron chi connectivity index (χ1n) is 4.75. The van der Waals surface area contributed by atoms with Gasteiger partial charge in [-0.05, 0) is 19.8 Å². The molecule has 0 saturated heterocycles. The highest BCUT2D eigenvalue weighted by molar-refractivity contribution is 5.81. The Bertz CT molecular complexity index is 206. The van der Waals surface area contributed by atoms with Crippen LogP contribution in [0.3, 0.4) is 0 Å². The summed E-state index contributed by atoms with van der Waals surface area (Å²) in [5, 5.41) is 11.1. The summed E-state index contributed by atoms with van der Waals surface area (Å²) in [6.07, 6.45) is 1.07. The van der Waals surface area contributed by atoms with Crippen LogP contribution in [0.4, 0.5) is 0 Å². The summed E-state index contributed by atoms with van der Waals surface area (Å²) in [6, 6.07) is -0.640. The quantitative estimate of drug-likeness (QED) is 0.569. The monoisotopic (exact) mass is 202 g/mol. The van der Waals surface area contributed by atoms with E-state index in [1.165, 1.54) is 0 Å². The van der Waals surface area contributed by atoms with E-state index in [2.05, 4.69) is 5.32 Å². The van der Waals surface area contributed by atoms with Gasteiger partial charge in [0.25, 0.3) is 0 Å². The summed E-state index contributed by atoms with van der Waals surface area (Å²) in [5.41, 5.74) is 5.49. The van der Waals surface area contributed by atoms with Crippen molar-refractivity contribution in [3.63, 3.8) is 0 Å². The van der Waals surface area contributed by atoms with Crippen LogP contribution >= 0.6 is 0 Å². The van der Waals surface area contributed by atoms with Crippen molar-refractivity contribution in [3.05, 3.63) is 0 Å². The Morgan fingerprint density at radius 1 is 1.50 bits per heavy atom. The lowest BCUT2D eigenvalue weighted by Gasteiger charge is -2.15. The Hall–Kier alpha value is -1.10. The minimum atomic E-state index is -0.856. The maximum absolute atomic E-state index is 11.2. The third kappa shape index (κ3) is 5.53. The predicted molar refractivity (Wildman–Crippen MR) is 52.7 cm³/mol. The fraction of sp³-hybridized carbons (Fsp3) is 0.778. The van der Waals surface area contributed by atoms with Gasteiger partial charge in [0.15, 0.2) is 0 Å². The Kier molecular flexibility index (Phi) is 5.87. The van der Waals surface area contributed by atoms with Gasteiger partial charge in [-0.2, -0.15) is 0 Å². The first kappa shape index (κ1) is 12.9. The number of carboxylic acids is 1. The number of carboxylic acid groups (broad SMARTS) is 1. The van der Waals surface area contributed by atoms with Crippen LogP contribution in [-0.2, 0) is 9.59 Å². The highest BCUT2D eigenvalue weighted by atomic mass is 16.4. The first-order valence-corrected chi connectivity index (χ1v) is 4.75. The second kappa shape index (κ2) is 6.37. The molecule has 0 bridgehead atoms. The van der Waals surface area contributed by atoms with Crippen LogP contribution in [0.5, 0.6) is 0 Å². The van der Waals surface area contributed by atoms with Gasteiger partial charge in [0, 0.05) is 12.5 Å². The first-order chi connectivity index (χ1) is 6.47. The minimum absolute atomic E-state index is 0.0583. The molecule has 0 aliphatic heterocycles. The van der Waals surface area contributed by atoms with E-state index in [0.717, 1.165) is 0 Å². The molecule has 0 spiro atoms. The fourth-order valence-electron chi connectivity index (χ4n) is 0.947. The Balaban J connectivity index is 3.76. The van der Waals surface area contributed by atoms with Gasteiger partial charge >= 0.3 is 5.97 Å². The molecular weight excluding hydrogens is 184 g/mol. The van der Waals surface area contributed by atoms with Crippen molar-refractivity contribution in [3.8, 4) is 0 Å². The third-order valence-corrected chi connectivity index (χ3v) is 1.96. The van der Waals surface area contributed by atoms with Crippen molar-refractivity contribution >= 4 is 11.9 Å². The standard InChI is InChI=1S/C9H18N2O3/c1-3-7(10)9(14)11-6(2)4-5-8(12)13/h6-7H,3-5,10H2,1-2H3,(H,11,14)(H,12,13). The molecule has 82 valence electrons. The normalized spacial score (nSPS) is 14.5. The zero-order valence-corrected chi connectivity index (χ0v) is 8.62. The lowest BCUT2D eigenvalue weighted by molar-refractivity contribution is -0.137. The molecule has 0 saturated carbocycles. The summed E-state index contributed by atoms with van der Waals surface area (Å²) in [6.45, 7) is 3.59. The number of nitrogens with one attached hydrogen (secondary N) is 1. The summed E-state index contributed by atoms with van der Waals surface area (Å²) in [4.78, 5) is 21.5. The van der Waals surface area contributed by atoms with E-state index in [-0.39, 0.29) is 18.4 Å². The van der Waals surface area contributed by atoms with E-state index >= 15 is 0 Å². The van der Waals surface area contributed by atoms with Gasteiger partial charge in [-0.25, -0.2) is 0 Å². The molecule has 0 aromatic carbocycles. The van der Waals surface area contributed by atoms with Gasteiger partial charge in [-0.3, -0.25) is 9.59 Å². The number of carbonyl (C=O) groups excluding carboxylic acids is 1. The van der Waals surface area contributed by atoms with Gasteiger partial charge in [0.2, 0.25) is 5.91 Å². The number of aliphatic carboxylic acids is 1. The Labute approximate surface area is 83.7 Å². The highest BCUT2D eigenvalue weighted by Crippen LogP contribution is 1.97. The Morgan fingerprint density at radius 3 is 2.50 bits per heavy atom. The molecule has 0 aliphatic rings.